The predicted octanol–water partition coefficient (Wildman–Crippen LogP) is 3.88. The summed E-state index contributed by atoms with van der Waals surface area (Å²) in [6.45, 7) is 4.90. The van der Waals surface area contributed by atoms with Crippen LogP contribution in [0.2, 0.25) is 0 Å². The number of benzene rings is 2. The van der Waals surface area contributed by atoms with Crippen molar-refractivity contribution in [2.45, 2.75) is 19.0 Å². The molecule has 96 valence electrons. The molecule has 2 aromatic carbocycles. The second-order valence-corrected chi connectivity index (χ2v) is 5.15. The molecule has 19 heavy (non-hydrogen) atoms. The van der Waals surface area contributed by atoms with Gasteiger partial charge in [-0.2, -0.15) is 0 Å². The highest BCUT2D eigenvalue weighted by Crippen LogP contribution is 2.36. The molecule has 0 saturated carbocycles. The van der Waals surface area contributed by atoms with E-state index in [-0.39, 0.29) is 0 Å². The molecule has 0 spiro atoms. The van der Waals surface area contributed by atoms with E-state index in [0.29, 0.717) is 12.0 Å². The maximum Gasteiger partial charge on any atom is 0.0392 e. The lowest BCUT2D eigenvalue weighted by molar-refractivity contribution is 0.451. The van der Waals surface area contributed by atoms with Gasteiger partial charge in [-0.3, -0.25) is 0 Å². The molecule has 2 unspecified atom stereocenters. The predicted molar refractivity (Wildman–Crippen MR) is 79.9 cm³/mol. The van der Waals surface area contributed by atoms with Gasteiger partial charge in [-0.25, -0.2) is 0 Å². The minimum Gasteiger partial charge on any atom is -0.305 e. The summed E-state index contributed by atoms with van der Waals surface area (Å²) in [5, 5.41) is 3.68. The first-order valence-electron chi connectivity index (χ1n) is 6.86. The summed E-state index contributed by atoms with van der Waals surface area (Å²) >= 11 is 0. The van der Waals surface area contributed by atoms with Crippen molar-refractivity contribution in [1.29, 1.82) is 0 Å². The fraction of sp³-hybridized carbons (Fsp3) is 0.222. The number of nitrogens with one attached hydrogen (secondary N) is 1. The first kappa shape index (κ1) is 12.2. The Morgan fingerprint density at radius 1 is 1.05 bits per heavy atom. The zero-order valence-corrected chi connectivity index (χ0v) is 11.0. The lowest BCUT2D eigenvalue weighted by Crippen LogP contribution is -2.24. The van der Waals surface area contributed by atoms with Gasteiger partial charge in [0.05, 0.1) is 0 Å². The Bertz CT molecular complexity index is 559. The molecule has 3 rings (SSSR count). The third-order valence-corrected chi connectivity index (χ3v) is 3.95. The van der Waals surface area contributed by atoms with Crippen LogP contribution in [-0.2, 0) is 13.0 Å². The Kier molecular flexibility index (Phi) is 3.47. The minimum absolute atomic E-state index is 0.397. The molecule has 0 saturated heterocycles. The van der Waals surface area contributed by atoms with Crippen LogP contribution in [-0.4, -0.2) is 0 Å². The first-order chi connectivity index (χ1) is 9.38. The maximum absolute atomic E-state index is 3.99. The van der Waals surface area contributed by atoms with Crippen molar-refractivity contribution < 1.29 is 0 Å². The highest BCUT2D eigenvalue weighted by molar-refractivity contribution is 5.37. The van der Waals surface area contributed by atoms with Gasteiger partial charge in [-0.05, 0) is 23.1 Å². The Labute approximate surface area is 115 Å². The fourth-order valence-electron chi connectivity index (χ4n) is 2.93. The van der Waals surface area contributed by atoms with Gasteiger partial charge < -0.3 is 5.32 Å². The third kappa shape index (κ3) is 2.47. The lowest BCUT2D eigenvalue weighted by Gasteiger charge is -2.19. The monoisotopic (exact) mass is 249 g/mol. The molecule has 0 bridgehead atoms. The molecular formula is C18H19N. The van der Waals surface area contributed by atoms with Gasteiger partial charge in [0.25, 0.3) is 0 Å². The summed E-state index contributed by atoms with van der Waals surface area (Å²) in [6.07, 6.45) is 3.19. The van der Waals surface area contributed by atoms with E-state index in [1.54, 1.807) is 0 Å². The van der Waals surface area contributed by atoms with Gasteiger partial charge in [-0.1, -0.05) is 60.7 Å². The van der Waals surface area contributed by atoms with E-state index < -0.39 is 0 Å². The molecule has 1 nitrogen and oxygen atoms in total. The van der Waals surface area contributed by atoms with Crippen molar-refractivity contribution in [2.75, 3.05) is 0 Å². The Morgan fingerprint density at radius 3 is 2.58 bits per heavy atom. The molecule has 0 amide bonds. The lowest BCUT2D eigenvalue weighted by atomic mass is 10.0. The summed E-state index contributed by atoms with van der Waals surface area (Å²) in [4.78, 5) is 0. The normalized spacial score (nSPS) is 21.1. The van der Waals surface area contributed by atoms with Gasteiger partial charge in [0.15, 0.2) is 0 Å². The summed E-state index contributed by atoms with van der Waals surface area (Å²) in [7, 11) is 0. The van der Waals surface area contributed by atoms with E-state index in [4.69, 9.17) is 0 Å². The van der Waals surface area contributed by atoms with Gasteiger partial charge in [0, 0.05) is 18.5 Å². The van der Waals surface area contributed by atoms with E-state index >= 15 is 0 Å². The van der Waals surface area contributed by atoms with Gasteiger partial charge in [0.2, 0.25) is 0 Å². The number of hydrogen-bond acceptors (Lipinski definition) is 1. The molecule has 0 heterocycles. The summed E-state index contributed by atoms with van der Waals surface area (Å²) < 4.78 is 0. The van der Waals surface area contributed by atoms with Crippen LogP contribution in [0.4, 0.5) is 0 Å². The quantitative estimate of drug-likeness (QED) is 0.811. The van der Waals surface area contributed by atoms with E-state index in [1.807, 2.05) is 0 Å². The van der Waals surface area contributed by atoms with E-state index in [2.05, 4.69) is 72.6 Å². The second-order valence-electron chi connectivity index (χ2n) is 5.15. The topological polar surface area (TPSA) is 12.0 Å². The third-order valence-electron chi connectivity index (χ3n) is 3.95. The molecular weight excluding hydrogens is 230 g/mol. The molecule has 1 N–H and O–H groups in total. The summed E-state index contributed by atoms with van der Waals surface area (Å²) in [6, 6.07) is 19.7. The first-order valence-corrected chi connectivity index (χ1v) is 6.86. The molecule has 0 radical (unpaired) electrons. The number of hydrogen-bond donors (Lipinski definition) is 1. The summed E-state index contributed by atoms with van der Waals surface area (Å²) in [5.41, 5.74) is 4.22. The van der Waals surface area contributed by atoms with Gasteiger partial charge >= 0.3 is 0 Å². The molecule has 1 aliphatic rings. The van der Waals surface area contributed by atoms with E-state index in [9.17, 15) is 0 Å². The zero-order valence-electron chi connectivity index (χ0n) is 11.0. The van der Waals surface area contributed by atoms with Gasteiger partial charge in [0.1, 0.15) is 0 Å². The summed E-state index contributed by atoms with van der Waals surface area (Å²) in [5.74, 6) is 0.501. The average molecular weight is 249 g/mol. The van der Waals surface area contributed by atoms with Crippen molar-refractivity contribution >= 4 is 0 Å². The Balaban J connectivity index is 1.77. The SMILES string of the molecule is C=CC1Cc2ccccc2C1NCc1ccccc1. The van der Waals surface area contributed by atoms with Crippen LogP contribution in [0.1, 0.15) is 22.7 Å². The van der Waals surface area contributed by atoms with Crippen LogP contribution in [0, 0.1) is 5.92 Å². The molecule has 1 heteroatoms. The molecule has 1 aliphatic carbocycles. The Hall–Kier alpha value is -1.86. The van der Waals surface area contributed by atoms with Crippen LogP contribution in [0.5, 0.6) is 0 Å². The maximum atomic E-state index is 3.99. The van der Waals surface area contributed by atoms with E-state index in [1.165, 1.54) is 16.7 Å². The van der Waals surface area contributed by atoms with Crippen molar-refractivity contribution in [3.05, 3.63) is 83.9 Å². The van der Waals surface area contributed by atoms with Crippen molar-refractivity contribution in [2.24, 2.45) is 5.92 Å². The van der Waals surface area contributed by atoms with Crippen LogP contribution >= 0.6 is 0 Å². The van der Waals surface area contributed by atoms with Crippen LogP contribution in [0.25, 0.3) is 0 Å². The van der Waals surface area contributed by atoms with Crippen LogP contribution in [0.15, 0.2) is 67.3 Å². The smallest absolute Gasteiger partial charge is 0.0392 e. The largest absolute Gasteiger partial charge is 0.305 e. The highest BCUT2D eigenvalue weighted by atomic mass is 14.9. The molecule has 2 aromatic rings. The molecule has 0 aromatic heterocycles. The number of rotatable bonds is 4. The molecule has 0 fully saturated rings. The molecule has 0 aliphatic heterocycles. The minimum atomic E-state index is 0.397. The van der Waals surface area contributed by atoms with Crippen LogP contribution < -0.4 is 5.32 Å². The van der Waals surface area contributed by atoms with E-state index in [0.717, 1.165) is 13.0 Å². The van der Waals surface area contributed by atoms with Crippen molar-refractivity contribution in [3.8, 4) is 0 Å². The molecule has 2 atom stereocenters. The highest BCUT2D eigenvalue weighted by Gasteiger charge is 2.29. The zero-order chi connectivity index (χ0) is 13.1. The fourth-order valence-corrected chi connectivity index (χ4v) is 2.93. The standard InChI is InChI=1S/C18H19N/c1-2-15-12-16-10-6-7-11-17(16)18(15)19-13-14-8-4-3-5-9-14/h2-11,15,18-19H,1,12-13H2. The van der Waals surface area contributed by atoms with Crippen molar-refractivity contribution in [1.82, 2.24) is 5.32 Å². The van der Waals surface area contributed by atoms with Crippen LogP contribution in [0.3, 0.4) is 0 Å². The Morgan fingerprint density at radius 2 is 1.79 bits per heavy atom. The average Bonchev–Trinajstić information content (AvgIpc) is 2.84. The number of fused-ring (bicyclic) bond motifs is 1. The van der Waals surface area contributed by atoms with Gasteiger partial charge in [-0.15, -0.1) is 6.58 Å². The second kappa shape index (κ2) is 5.41. The van der Waals surface area contributed by atoms with Crippen molar-refractivity contribution in [3.63, 3.8) is 0 Å².